The molecule has 8 heteroatoms. The number of halogens is 4. The summed E-state index contributed by atoms with van der Waals surface area (Å²) in [6.07, 6.45) is -5.72. The summed E-state index contributed by atoms with van der Waals surface area (Å²) in [5, 5.41) is 17.5. The third-order valence-corrected chi connectivity index (χ3v) is 2.37. The number of hydrogen-bond donors (Lipinski definition) is 1. The zero-order valence-electron chi connectivity index (χ0n) is 9.29. The highest BCUT2D eigenvalue weighted by molar-refractivity contribution is 6.17. The van der Waals surface area contributed by atoms with Crippen LogP contribution in [0.5, 0.6) is 5.75 Å². The Hall–Kier alpha value is -1.94. The summed E-state index contributed by atoms with van der Waals surface area (Å²) in [7, 11) is 0. The monoisotopic (exact) mass is 293 g/mol. The molecule has 0 atom stereocenters. The molecule has 0 saturated carbocycles. The molecule has 0 aliphatic carbocycles. The fourth-order valence-electron chi connectivity index (χ4n) is 1.45. The minimum Gasteiger partial charge on any atom is -0.481 e. The van der Waals surface area contributed by atoms with E-state index >= 15 is 0 Å². The van der Waals surface area contributed by atoms with Gasteiger partial charge in [-0.25, -0.2) is 0 Å². The van der Waals surface area contributed by atoms with E-state index in [4.69, 9.17) is 22.0 Å². The van der Waals surface area contributed by atoms with E-state index in [-0.39, 0.29) is 11.4 Å². The molecule has 0 bridgehead atoms. The molecule has 0 aromatic heterocycles. The predicted octanol–water partition coefficient (Wildman–Crippen LogP) is 2.82. The molecule has 102 valence electrons. The highest BCUT2D eigenvalue weighted by atomic mass is 35.5. The molecule has 1 aromatic carbocycles. The predicted molar refractivity (Wildman–Crippen MR) is 58.7 cm³/mol. The van der Waals surface area contributed by atoms with Crippen molar-refractivity contribution in [2.75, 3.05) is 0 Å². The van der Waals surface area contributed by atoms with Crippen molar-refractivity contribution in [1.82, 2.24) is 0 Å². The van der Waals surface area contributed by atoms with Crippen molar-refractivity contribution in [2.24, 2.45) is 0 Å². The number of nitrogens with zero attached hydrogens (tertiary/aromatic N) is 1. The highest BCUT2D eigenvalue weighted by Crippen LogP contribution is 2.32. The zero-order chi connectivity index (χ0) is 14.6. The molecule has 0 spiro atoms. The molecular formula is C11H7ClF3NO3. The van der Waals surface area contributed by atoms with E-state index in [9.17, 15) is 18.0 Å². The average Bonchev–Trinajstić information content (AvgIpc) is 2.28. The summed E-state index contributed by atoms with van der Waals surface area (Å²) in [5.74, 6) is -2.21. The van der Waals surface area contributed by atoms with Crippen LogP contribution in [0, 0.1) is 11.3 Å². The zero-order valence-corrected chi connectivity index (χ0v) is 10.0. The van der Waals surface area contributed by atoms with Crippen LogP contribution in [0.2, 0.25) is 0 Å². The second kappa shape index (κ2) is 5.80. The summed E-state index contributed by atoms with van der Waals surface area (Å²) < 4.78 is 40.5. The number of benzene rings is 1. The molecule has 0 aliphatic heterocycles. The summed E-state index contributed by atoms with van der Waals surface area (Å²) >= 11 is 5.53. The number of rotatable bonds is 4. The molecule has 0 unspecified atom stereocenters. The maximum atomic E-state index is 12.3. The van der Waals surface area contributed by atoms with Gasteiger partial charge < -0.3 is 9.84 Å². The Morgan fingerprint density at radius 2 is 2.11 bits per heavy atom. The lowest BCUT2D eigenvalue weighted by molar-refractivity contribution is -0.275. The third-order valence-electron chi connectivity index (χ3n) is 2.06. The number of hydrogen-bond acceptors (Lipinski definition) is 3. The van der Waals surface area contributed by atoms with Gasteiger partial charge in [0.25, 0.3) is 0 Å². The van der Waals surface area contributed by atoms with E-state index < -0.39 is 30.1 Å². The SMILES string of the molecule is N#Cc1cc(CCl)cc(CC(=O)O)c1OC(F)(F)F. The molecule has 0 radical (unpaired) electrons. The van der Waals surface area contributed by atoms with Crippen molar-refractivity contribution in [2.45, 2.75) is 18.7 Å². The fraction of sp³-hybridized carbons (Fsp3) is 0.273. The van der Waals surface area contributed by atoms with Crippen molar-refractivity contribution >= 4 is 17.6 Å². The van der Waals surface area contributed by atoms with Gasteiger partial charge in [-0.15, -0.1) is 24.8 Å². The van der Waals surface area contributed by atoms with Gasteiger partial charge in [0.2, 0.25) is 0 Å². The number of nitriles is 1. The topological polar surface area (TPSA) is 70.3 Å². The third kappa shape index (κ3) is 4.34. The van der Waals surface area contributed by atoms with E-state index in [1.54, 1.807) is 0 Å². The molecule has 19 heavy (non-hydrogen) atoms. The summed E-state index contributed by atoms with van der Waals surface area (Å²) in [5.41, 5.74) is -0.324. The van der Waals surface area contributed by atoms with Gasteiger partial charge in [0.05, 0.1) is 12.0 Å². The summed E-state index contributed by atoms with van der Waals surface area (Å²) in [6, 6.07) is 3.82. The standard InChI is InChI=1S/C11H7ClF3NO3/c12-4-6-1-7(3-9(17)18)10(8(2-6)5-16)19-11(13,14)15/h1-2H,3-4H2,(H,17,18). The van der Waals surface area contributed by atoms with Crippen LogP contribution >= 0.6 is 11.6 Å². The molecule has 4 nitrogen and oxygen atoms in total. The van der Waals surface area contributed by atoms with Crippen LogP contribution in [0.15, 0.2) is 12.1 Å². The van der Waals surface area contributed by atoms with Crippen LogP contribution in [-0.4, -0.2) is 17.4 Å². The number of carboxylic acid groups (broad SMARTS) is 1. The molecule has 0 fully saturated rings. The quantitative estimate of drug-likeness (QED) is 0.867. The number of alkyl halides is 4. The van der Waals surface area contributed by atoms with E-state index in [1.807, 2.05) is 0 Å². The van der Waals surface area contributed by atoms with Crippen molar-refractivity contribution in [3.63, 3.8) is 0 Å². The second-order valence-electron chi connectivity index (χ2n) is 3.50. The lowest BCUT2D eigenvalue weighted by atomic mass is 10.0. The number of aliphatic carboxylic acids is 1. The first-order chi connectivity index (χ1) is 8.76. The Morgan fingerprint density at radius 1 is 1.47 bits per heavy atom. The van der Waals surface area contributed by atoms with Gasteiger partial charge in [0.1, 0.15) is 6.07 Å². The van der Waals surface area contributed by atoms with Gasteiger partial charge in [-0.1, -0.05) is 6.07 Å². The molecule has 0 saturated heterocycles. The van der Waals surface area contributed by atoms with Gasteiger partial charge in [-0.05, 0) is 11.6 Å². The van der Waals surface area contributed by atoms with Crippen LogP contribution in [0.3, 0.4) is 0 Å². The van der Waals surface area contributed by atoms with E-state index in [2.05, 4.69) is 4.74 Å². The molecule has 1 rings (SSSR count). The largest absolute Gasteiger partial charge is 0.573 e. The molecule has 0 aliphatic rings. The first-order valence-corrected chi connectivity index (χ1v) is 5.39. The number of carboxylic acids is 1. The first kappa shape index (κ1) is 15.1. The highest BCUT2D eigenvalue weighted by Gasteiger charge is 2.33. The van der Waals surface area contributed by atoms with Crippen molar-refractivity contribution < 1.29 is 27.8 Å². The van der Waals surface area contributed by atoms with Gasteiger partial charge in [0, 0.05) is 11.4 Å². The minimum atomic E-state index is -5.01. The fourth-order valence-corrected chi connectivity index (χ4v) is 1.60. The molecule has 1 aromatic rings. The number of ether oxygens (including phenoxy) is 1. The van der Waals surface area contributed by atoms with Crippen molar-refractivity contribution in [3.05, 3.63) is 28.8 Å². The normalized spacial score (nSPS) is 10.9. The van der Waals surface area contributed by atoms with E-state index in [0.29, 0.717) is 5.56 Å². The maximum absolute atomic E-state index is 12.3. The lowest BCUT2D eigenvalue weighted by Gasteiger charge is -2.15. The lowest BCUT2D eigenvalue weighted by Crippen LogP contribution is -2.20. The van der Waals surface area contributed by atoms with Crippen LogP contribution < -0.4 is 4.74 Å². The average molecular weight is 294 g/mol. The second-order valence-corrected chi connectivity index (χ2v) is 3.76. The Morgan fingerprint density at radius 3 is 2.53 bits per heavy atom. The van der Waals surface area contributed by atoms with Gasteiger partial charge >= 0.3 is 12.3 Å². The Kier molecular flexibility index (Phi) is 4.62. The minimum absolute atomic E-state index is 0.0619. The molecule has 0 amide bonds. The Balaban J connectivity index is 3.38. The molecule has 1 N–H and O–H groups in total. The summed E-state index contributed by atoms with van der Waals surface area (Å²) in [6.45, 7) is 0. The molecule has 0 heterocycles. The summed E-state index contributed by atoms with van der Waals surface area (Å²) in [4.78, 5) is 10.6. The van der Waals surface area contributed by atoms with Gasteiger partial charge in [0.15, 0.2) is 5.75 Å². The maximum Gasteiger partial charge on any atom is 0.573 e. The smallest absolute Gasteiger partial charge is 0.481 e. The van der Waals surface area contributed by atoms with Crippen molar-refractivity contribution in [3.8, 4) is 11.8 Å². The number of carbonyl (C=O) groups is 1. The van der Waals surface area contributed by atoms with Crippen molar-refractivity contribution in [1.29, 1.82) is 5.26 Å². The Bertz CT molecular complexity index is 537. The molecular weight excluding hydrogens is 287 g/mol. The van der Waals surface area contributed by atoms with Gasteiger partial charge in [-0.3, -0.25) is 4.79 Å². The van der Waals surface area contributed by atoms with Gasteiger partial charge in [-0.2, -0.15) is 5.26 Å². The van der Waals surface area contributed by atoms with Crippen LogP contribution in [0.1, 0.15) is 16.7 Å². The van der Waals surface area contributed by atoms with E-state index in [0.717, 1.165) is 6.07 Å². The van der Waals surface area contributed by atoms with Crippen LogP contribution in [0.25, 0.3) is 0 Å². The Labute approximate surface area is 111 Å². The van der Waals surface area contributed by atoms with Crippen LogP contribution in [-0.2, 0) is 17.1 Å². The first-order valence-electron chi connectivity index (χ1n) is 4.86. The van der Waals surface area contributed by atoms with Crippen LogP contribution in [0.4, 0.5) is 13.2 Å². The van der Waals surface area contributed by atoms with E-state index in [1.165, 1.54) is 12.1 Å².